The van der Waals surface area contributed by atoms with Gasteiger partial charge in [-0.1, -0.05) is 0 Å². The zero-order chi connectivity index (χ0) is 12.9. The lowest BCUT2D eigenvalue weighted by Crippen LogP contribution is -2.25. The molecule has 1 fully saturated rings. The fraction of sp³-hybridized carbons (Fsp3) is 0.615. The maximum absolute atomic E-state index is 5.67. The lowest BCUT2D eigenvalue weighted by atomic mass is 10.4. The largest absolute Gasteiger partial charge is 0.475 e. The first-order valence-electron chi connectivity index (χ1n) is 6.88. The molecule has 6 nitrogen and oxygen atoms in total. The second-order valence-corrected chi connectivity index (χ2v) is 4.80. The number of nitrogens with one attached hydrogen (secondary N) is 1. The second kappa shape index (κ2) is 5.97. The topological polar surface area (TPSA) is 62.6 Å². The number of likely N-dealkylation sites (tertiary alicyclic amines) is 1. The molecular formula is C13H19N5O. The second-order valence-electron chi connectivity index (χ2n) is 4.80. The Bertz CT molecular complexity index is 456. The molecule has 1 N–H and O–H groups in total. The van der Waals surface area contributed by atoms with E-state index in [1.165, 1.54) is 25.9 Å². The first-order valence-corrected chi connectivity index (χ1v) is 6.88. The molecule has 0 unspecified atom stereocenters. The van der Waals surface area contributed by atoms with E-state index in [1.807, 2.05) is 0 Å². The van der Waals surface area contributed by atoms with Crippen LogP contribution in [0, 0.1) is 0 Å². The van der Waals surface area contributed by atoms with Crippen LogP contribution in [0.3, 0.4) is 0 Å². The van der Waals surface area contributed by atoms with Gasteiger partial charge in [-0.15, -0.1) is 0 Å². The summed E-state index contributed by atoms with van der Waals surface area (Å²) in [5.41, 5.74) is 0.760. The molecule has 2 aliphatic heterocycles. The molecule has 102 valence electrons. The molecule has 1 aromatic heterocycles. The van der Waals surface area contributed by atoms with Gasteiger partial charge in [0.15, 0.2) is 0 Å². The summed E-state index contributed by atoms with van der Waals surface area (Å²) < 4.78 is 5.67. The summed E-state index contributed by atoms with van der Waals surface area (Å²) in [6.45, 7) is 5.68. The summed E-state index contributed by atoms with van der Waals surface area (Å²) in [7, 11) is 0. The van der Waals surface area contributed by atoms with E-state index >= 15 is 0 Å². The Morgan fingerprint density at radius 3 is 2.95 bits per heavy atom. The molecule has 0 aliphatic carbocycles. The van der Waals surface area contributed by atoms with E-state index in [0.717, 1.165) is 31.2 Å². The van der Waals surface area contributed by atoms with E-state index in [0.29, 0.717) is 12.5 Å². The fourth-order valence-corrected chi connectivity index (χ4v) is 2.39. The van der Waals surface area contributed by atoms with Crippen LogP contribution in [-0.2, 0) is 0 Å². The minimum absolute atomic E-state index is 0.577. The fourth-order valence-electron chi connectivity index (χ4n) is 2.39. The number of nitrogens with zero attached hydrogens (tertiary/aromatic N) is 4. The molecule has 0 aromatic carbocycles. The van der Waals surface area contributed by atoms with Crippen LogP contribution >= 0.6 is 0 Å². The average Bonchev–Trinajstić information content (AvgIpc) is 3.12. The van der Waals surface area contributed by atoms with E-state index < -0.39 is 0 Å². The Morgan fingerprint density at radius 1 is 1.26 bits per heavy atom. The molecule has 19 heavy (non-hydrogen) atoms. The van der Waals surface area contributed by atoms with Crippen molar-refractivity contribution >= 4 is 5.84 Å². The summed E-state index contributed by atoms with van der Waals surface area (Å²) in [5, 5.41) is 3.18. The summed E-state index contributed by atoms with van der Waals surface area (Å²) >= 11 is 0. The number of amidine groups is 1. The van der Waals surface area contributed by atoms with Crippen LogP contribution in [-0.4, -0.2) is 60.0 Å². The molecule has 3 heterocycles. The highest BCUT2D eigenvalue weighted by Crippen LogP contribution is 2.09. The molecule has 3 rings (SSSR count). The molecule has 0 amide bonds. The molecule has 2 aliphatic rings. The highest BCUT2D eigenvalue weighted by Gasteiger charge is 2.12. The molecule has 1 aromatic rings. The van der Waals surface area contributed by atoms with Gasteiger partial charge in [-0.25, -0.2) is 4.98 Å². The van der Waals surface area contributed by atoms with Gasteiger partial charge in [-0.3, -0.25) is 14.9 Å². The lowest BCUT2D eigenvalue weighted by Gasteiger charge is -2.14. The molecular weight excluding hydrogens is 242 g/mol. The first kappa shape index (κ1) is 12.3. The number of rotatable bonds is 5. The van der Waals surface area contributed by atoms with E-state index in [-0.39, 0.29) is 0 Å². The standard InChI is InChI=1S/C13H19N5O/c1-2-6-18(5-1)7-8-19-12-10-14-9-11(17-12)13-15-3-4-16-13/h9-10H,1-8H2,(H,15,16). The predicted molar refractivity (Wildman–Crippen MR) is 72.6 cm³/mol. The van der Waals surface area contributed by atoms with Crippen LogP contribution in [0.15, 0.2) is 17.4 Å². The Balaban J connectivity index is 1.54. The van der Waals surface area contributed by atoms with Gasteiger partial charge in [-0.05, 0) is 25.9 Å². The van der Waals surface area contributed by atoms with Crippen molar-refractivity contribution in [2.75, 3.05) is 39.3 Å². The Kier molecular flexibility index (Phi) is 3.88. The summed E-state index contributed by atoms with van der Waals surface area (Å²) in [6.07, 6.45) is 5.98. The summed E-state index contributed by atoms with van der Waals surface area (Å²) in [5.74, 6) is 1.39. The van der Waals surface area contributed by atoms with Crippen molar-refractivity contribution in [3.05, 3.63) is 18.1 Å². The predicted octanol–water partition coefficient (Wildman–Crippen LogP) is 0.301. The molecule has 0 radical (unpaired) electrons. The maximum Gasteiger partial charge on any atom is 0.233 e. The van der Waals surface area contributed by atoms with Gasteiger partial charge < -0.3 is 10.1 Å². The van der Waals surface area contributed by atoms with Gasteiger partial charge in [0, 0.05) is 13.1 Å². The molecule has 0 bridgehead atoms. The highest BCUT2D eigenvalue weighted by atomic mass is 16.5. The van der Waals surface area contributed by atoms with Gasteiger partial charge in [0.25, 0.3) is 0 Å². The minimum atomic E-state index is 0.577. The van der Waals surface area contributed by atoms with Crippen molar-refractivity contribution in [3.63, 3.8) is 0 Å². The quantitative estimate of drug-likeness (QED) is 0.826. The van der Waals surface area contributed by atoms with Gasteiger partial charge in [0.05, 0.1) is 18.9 Å². The van der Waals surface area contributed by atoms with Crippen LogP contribution in [0.2, 0.25) is 0 Å². The van der Waals surface area contributed by atoms with Crippen LogP contribution in [0.4, 0.5) is 0 Å². The lowest BCUT2D eigenvalue weighted by molar-refractivity contribution is 0.231. The zero-order valence-electron chi connectivity index (χ0n) is 11.0. The number of aliphatic imine (C=N–C) groups is 1. The molecule has 6 heteroatoms. The SMILES string of the molecule is c1ncc(C2=NCCN2)nc1OCCN1CCCC1. The highest BCUT2D eigenvalue weighted by molar-refractivity contribution is 5.97. The van der Waals surface area contributed by atoms with E-state index in [4.69, 9.17) is 4.74 Å². The summed E-state index contributed by atoms with van der Waals surface area (Å²) in [4.78, 5) is 15.3. The van der Waals surface area contributed by atoms with E-state index in [1.54, 1.807) is 12.4 Å². The third kappa shape index (κ3) is 3.20. The smallest absolute Gasteiger partial charge is 0.233 e. The van der Waals surface area contributed by atoms with Crippen molar-refractivity contribution in [3.8, 4) is 5.88 Å². The van der Waals surface area contributed by atoms with E-state index in [9.17, 15) is 0 Å². The van der Waals surface area contributed by atoms with Crippen molar-refractivity contribution in [1.29, 1.82) is 0 Å². The third-order valence-corrected chi connectivity index (χ3v) is 3.39. The van der Waals surface area contributed by atoms with Crippen LogP contribution < -0.4 is 10.1 Å². The molecule has 0 spiro atoms. The van der Waals surface area contributed by atoms with Crippen molar-refractivity contribution < 1.29 is 4.74 Å². The van der Waals surface area contributed by atoms with Crippen LogP contribution in [0.5, 0.6) is 5.88 Å². The van der Waals surface area contributed by atoms with Crippen molar-refractivity contribution in [2.45, 2.75) is 12.8 Å². The van der Waals surface area contributed by atoms with Gasteiger partial charge in [0.2, 0.25) is 5.88 Å². The molecule has 0 saturated carbocycles. The zero-order valence-corrected chi connectivity index (χ0v) is 11.0. The van der Waals surface area contributed by atoms with E-state index in [2.05, 4.69) is 25.2 Å². The normalized spacial score (nSPS) is 19.3. The monoisotopic (exact) mass is 261 g/mol. The van der Waals surface area contributed by atoms with Gasteiger partial charge in [0.1, 0.15) is 18.1 Å². The minimum Gasteiger partial charge on any atom is -0.475 e. The number of hydrogen-bond acceptors (Lipinski definition) is 6. The Labute approximate surface area is 112 Å². The Morgan fingerprint density at radius 2 is 2.16 bits per heavy atom. The average molecular weight is 261 g/mol. The number of aromatic nitrogens is 2. The van der Waals surface area contributed by atoms with Crippen molar-refractivity contribution in [2.24, 2.45) is 4.99 Å². The molecule has 0 atom stereocenters. The summed E-state index contributed by atoms with van der Waals surface area (Å²) in [6, 6.07) is 0. The number of ether oxygens (including phenoxy) is 1. The molecule has 1 saturated heterocycles. The Hall–Kier alpha value is -1.69. The number of hydrogen-bond donors (Lipinski definition) is 1. The van der Waals surface area contributed by atoms with Gasteiger partial charge in [-0.2, -0.15) is 0 Å². The third-order valence-electron chi connectivity index (χ3n) is 3.39. The van der Waals surface area contributed by atoms with Crippen molar-refractivity contribution in [1.82, 2.24) is 20.2 Å². The van der Waals surface area contributed by atoms with Gasteiger partial charge >= 0.3 is 0 Å². The van der Waals surface area contributed by atoms with Crippen LogP contribution in [0.25, 0.3) is 0 Å². The van der Waals surface area contributed by atoms with Crippen LogP contribution in [0.1, 0.15) is 18.5 Å². The maximum atomic E-state index is 5.67. The first-order chi connectivity index (χ1) is 9.42.